The Hall–Kier alpha value is -1.13. The fourth-order valence-electron chi connectivity index (χ4n) is 1.76. The van der Waals surface area contributed by atoms with Gasteiger partial charge in [0.25, 0.3) is 5.56 Å². The molecule has 0 aromatic carbocycles. The first-order valence-electron chi connectivity index (χ1n) is 4.72. The first-order chi connectivity index (χ1) is 6.62. The van der Waals surface area contributed by atoms with E-state index in [9.17, 15) is 9.90 Å². The molecule has 0 saturated carbocycles. The maximum Gasteiger partial charge on any atom is 0.250 e. The largest absolute Gasteiger partial charge is 0.384 e. The van der Waals surface area contributed by atoms with Gasteiger partial charge in [0, 0.05) is 25.9 Å². The van der Waals surface area contributed by atoms with Crippen LogP contribution in [0.3, 0.4) is 0 Å². The van der Waals surface area contributed by atoms with E-state index >= 15 is 0 Å². The number of aliphatic hydroxyl groups is 1. The van der Waals surface area contributed by atoms with E-state index in [0.717, 1.165) is 6.54 Å². The second-order valence-electron chi connectivity index (χ2n) is 3.82. The van der Waals surface area contributed by atoms with Crippen molar-refractivity contribution in [1.29, 1.82) is 0 Å². The number of hydrogen-bond donors (Lipinski definition) is 2. The van der Waals surface area contributed by atoms with Crippen LogP contribution in [0.4, 0.5) is 0 Å². The summed E-state index contributed by atoms with van der Waals surface area (Å²) < 4.78 is 1.50. The normalized spacial score (nSPS) is 26.7. The third kappa shape index (κ3) is 1.47. The van der Waals surface area contributed by atoms with Crippen molar-refractivity contribution < 1.29 is 5.11 Å². The highest BCUT2D eigenvalue weighted by Gasteiger charge is 2.33. The van der Waals surface area contributed by atoms with Gasteiger partial charge in [-0.15, -0.1) is 0 Å². The summed E-state index contributed by atoms with van der Waals surface area (Å²) in [5.74, 6) is 0. The molecule has 0 amide bonds. The molecule has 4 heteroatoms. The van der Waals surface area contributed by atoms with Gasteiger partial charge in [-0.1, -0.05) is 0 Å². The summed E-state index contributed by atoms with van der Waals surface area (Å²) in [6.45, 7) is 1.33. The molecule has 0 aliphatic carbocycles. The van der Waals surface area contributed by atoms with Gasteiger partial charge >= 0.3 is 0 Å². The first-order valence-corrected chi connectivity index (χ1v) is 4.72. The van der Waals surface area contributed by atoms with Crippen LogP contribution in [-0.4, -0.2) is 22.8 Å². The summed E-state index contributed by atoms with van der Waals surface area (Å²) in [6, 6.07) is 3.31. The van der Waals surface area contributed by atoms with Gasteiger partial charge in [-0.2, -0.15) is 0 Å². The molecule has 0 radical (unpaired) electrons. The van der Waals surface area contributed by atoms with Crippen molar-refractivity contribution in [1.82, 2.24) is 9.88 Å². The lowest BCUT2D eigenvalue weighted by Gasteiger charge is -2.21. The lowest BCUT2D eigenvalue weighted by Crippen LogP contribution is -2.30. The molecule has 0 bridgehead atoms. The SMILES string of the molecule is Cn1ccc(C2(O)CCNC2)cc1=O. The monoisotopic (exact) mass is 194 g/mol. The number of β-amino-alcohol motifs (C(OH)–C–C–N with tert-alkyl or cyclic N) is 1. The number of rotatable bonds is 1. The molecule has 14 heavy (non-hydrogen) atoms. The molecule has 1 aromatic rings. The predicted molar refractivity (Wildman–Crippen MR) is 53.1 cm³/mol. The Balaban J connectivity index is 2.41. The van der Waals surface area contributed by atoms with E-state index in [1.165, 1.54) is 10.6 Å². The Labute approximate surface area is 82.2 Å². The molecule has 1 fully saturated rings. The summed E-state index contributed by atoms with van der Waals surface area (Å²) in [6.07, 6.45) is 2.36. The molecule has 1 unspecified atom stereocenters. The minimum Gasteiger partial charge on any atom is -0.384 e. The average molecular weight is 194 g/mol. The van der Waals surface area contributed by atoms with Gasteiger partial charge in [-0.25, -0.2) is 0 Å². The number of aryl methyl sites for hydroxylation is 1. The van der Waals surface area contributed by atoms with E-state index in [-0.39, 0.29) is 5.56 Å². The van der Waals surface area contributed by atoms with E-state index in [2.05, 4.69) is 5.32 Å². The smallest absolute Gasteiger partial charge is 0.250 e. The van der Waals surface area contributed by atoms with E-state index in [1.807, 2.05) is 0 Å². The molecule has 1 atom stereocenters. The van der Waals surface area contributed by atoms with Crippen LogP contribution in [0.1, 0.15) is 12.0 Å². The second kappa shape index (κ2) is 3.22. The van der Waals surface area contributed by atoms with Crippen LogP contribution in [0.15, 0.2) is 23.1 Å². The van der Waals surface area contributed by atoms with Gasteiger partial charge in [-0.3, -0.25) is 4.79 Å². The Kier molecular flexibility index (Phi) is 2.17. The molecule has 2 N–H and O–H groups in total. The van der Waals surface area contributed by atoms with Crippen molar-refractivity contribution in [2.45, 2.75) is 12.0 Å². The molecular weight excluding hydrogens is 180 g/mol. The summed E-state index contributed by atoms with van der Waals surface area (Å²) in [5.41, 5.74) is -0.221. The zero-order chi connectivity index (χ0) is 10.2. The zero-order valence-electron chi connectivity index (χ0n) is 8.16. The van der Waals surface area contributed by atoms with E-state index in [0.29, 0.717) is 18.5 Å². The van der Waals surface area contributed by atoms with Crippen LogP contribution in [0.25, 0.3) is 0 Å². The molecule has 76 valence electrons. The number of hydrogen-bond acceptors (Lipinski definition) is 3. The number of aromatic nitrogens is 1. The van der Waals surface area contributed by atoms with Crippen molar-refractivity contribution in [3.63, 3.8) is 0 Å². The maximum atomic E-state index is 11.4. The minimum absolute atomic E-state index is 0.0807. The second-order valence-corrected chi connectivity index (χ2v) is 3.82. The van der Waals surface area contributed by atoms with Crippen molar-refractivity contribution in [2.75, 3.05) is 13.1 Å². The standard InChI is InChI=1S/C10H14N2O2/c1-12-5-2-8(6-9(12)13)10(14)3-4-11-7-10/h2,5-6,11,14H,3-4,7H2,1H3. The Bertz CT molecular complexity index is 391. The van der Waals surface area contributed by atoms with Crippen LogP contribution < -0.4 is 10.9 Å². The summed E-state index contributed by atoms with van der Waals surface area (Å²) in [5, 5.41) is 13.3. The summed E-state index contributed by atoms with van der Waals surface area (Å²) in [4.78, 5) is 11.4. The molecule has 4 nitrogen and oxygen atoms in total. The maximum absolute atomic E-state index is 11.4. The van der Waals surface area contributed by atoms with Crippen LogP contribution in [0.2, 0.25) is 0 Å². The van der Waals surface area contributed by atoms with Gasteiger partial charge in [0.1, 0.15) is 5.60 Å². The van der Waals surface area contributed by atoms with Crippen molar-refractivity contribution >= 4 is 0 Å². The molecule has 1 aliphatic heterocycles. The third-order valence-electron chi connectivity index (χ3n) is 2.77. The fraction of sp³-hybridized carbons (Fsp3) is 0.500. The summed E-state index contributed by atoms with van der Waals surface area (Å²) in [7, 11) is 1.70. The van der Waals surface area contributed by atoms with Crippen molar-refractivity contribution in [3.05, 3.63) is 34.2 Å². The van der Waals surface area contributed by atoms with Crippen LogP contribution in [0, 0.1) is 0 Å². The number of nitrogens with zero attached hydrogens (tertiary/aromatic N) is 1. The van der Waals surface area contributed by atoms with Crippen molar-refractivity contribution in [2.24, 2.45) is 7.05 Å². The molecular formula is C10H14N2O2. The Morgan fingerprint density at radius 2 is 2.43 bits per heavy atom. The van der Waals surface area contributed by atoms with Crippen LogP contribution in [0.5, 0.6) is 0 Å². The molecule has 1 aliphatic rings. The van der Waals surface area contributed by atoms with E-state index in [1.54, 1.807) is 19.3 Å². The molecule has 0 spiro atoms. The number of nitrogens with one attached hydrogen (secondary N) is 1. The van der Waals surface area contributed by atoms with Crippen LogP contribution >= 0.6 is 0 Å². The highest BCUT2D eigenvalue weighted by molar-refractivity contribution is 5.21. The summed E-state index contributed by atoms with van der Waals surface area (Å²) >= 11 is 0. The van der Waals surface area contributed by atoms with Gasteiger partial charge in [0.2, 0.25) is 0 Å². The molecule has 1 saturated heterocycles. The lowest BCUT2D eigenvalue weighted by molar-refractivity contribution is 0.0585. The predicted octanol–water partition coefficient (Wildman–Crippen LogP) is -0.434. The highest BCUT2D eigenvalue weighted by atomic mass is 16.3. The van der Waals surface area contributed by atoms with E-state index < -0.39 is 5.60 Å². The first kappa shape index (κ1) is 9.43. The van der Waals surface area contributed by atoms with Gasteiger partial charge in [-0.05, 0) is 24.6 Å². The lowest BCUT2D eigenvalue weighted by atomic mass is 9.94. The Morgan fingerprint density at radius 1 is 1.64 bits per heavy atom. The average Bonchev–Trinajstić information content (AvgIpc) is 2.58. The molecule has 1 aromatic heterocycles. The van der Waals surface area contributed by atoms with E-state index in [4.69, 9.17) is 0 Å². The fourth-order valence-corrected chi connectivity index (χ4v) is 1.76. The van der Waals surface area contributed by atoms with Gasteiger partial charge in [0.15, 0.2) is 0 Å². The Morgan fingerprint density at radius 3 is 3.00 bits per heavy atom. The van der Waals surface area contributed by atoms with Crippen LogP contribution in [-0.2, 0) is 12.6 Å². The zero-order valence-corrected chi connectivity index (χ0v) is 8.16. The topological polar surface area (TPSA) is 54.3 Å². The van der Waals surface area contributed by atoms with Gasteiger partial charge < -0.3 is 15.0 Å². The minimum atomic E-state index is -0.854. The quantitative estimate of drug-likeness (QED) is 0.637. The number of pyridine rings is 1. The van der Waals surface area contributed by atoms with Gasteiger partial charge in [0.05, 0.1) is 0 Å². The highest BCUT2D eigenvalue weighted by Crippen LogP contribution is 2.25. The molecule has 2 heterocycles. The molecule has 2 rings (SSSR count). The third-order valence-corrected chi connectivity index (χ3v) is 2.77. The van der Waals surface area contributed by atoms with Crippen molar-refractivity contribution in [3.8, 4) is 0 Å².